The summed E-state index contributed by atoms with van der Waals surface area (Å²) in [5.41, 5.74) is 1.34. The Morgan fingerprint density at radius 3 is 2.27 bits per heavy atom. The fraction of sp³-hybridized carbons (Fsp3) is 0.583. The molecule has 2 fully saturated rings. The average Bonchev–Trinajstić information content (AvgIpc) is 2.76. The van der Waals surface area contributed by atoms with Crippen LogP contribution in [-0.4, -0.2) is 43.1 Å². The SMILES string of the molecule is CN1CC2CN(c3ccncc3)CC2C1. The monoisotopic (exact) mass is 203 g/mol. The Kier molecular flexibility index (Phi) is 2.13. The van der Waals surface area contributed by atoms with E-state index in [1.807, 2.05) is 12.4 Å². The van der Waals surface area contributed by atoms with E-state index >= 15 is 0 Å². The first kappa shape index (κ1) is 9.16. The number of likely N-dealkylation sites (tertiary alicyclic amines) is 1. The molecule has 80 valence electrons. The second-order valence-electron chi connectivity index (χ2n) is 4.85. The van der Waals surface area contributed by atoms with Crippen LogP contribution in [0, 0.1) is 11.8 Å². The number of aromatic nitrogens is 1. The summed E-state index contributed by atoms with van der Waals surface area (Å²) in [5, 5.41) is 0. The maximum atomic E-state index is 4.07. The minimum atomic E-state index is 0.878. The van der Waals surface area contributed by atoms with Crippen LogP contribution in [-0.2, 0) is 0 Å². The van der Waals surface area contributed by atoms with Crippen LogP contribution >= 0.6 is 0 Å². The van der Waals surface area contributed by atoms with E-state index in [0.717, 1.165) is 11.8 Å². The van der Waals surface area contributed by atoms with Crippen LogP contribution in [0.1, 0.15) is 0 Å². The number of hydrogen-bond acceptors (Lipinski definition) is 3. The van der Waals surface area contributed by atoms with Crippen molar-refractivity contribution in [1.82, 2.24) is 9.88 Å². The van der Waals surface area contributed by atoms with Crippen LogP contribution in [0.2, 0.25) is 0 Å². The van der Waals surface area contributed by atoms with Crippen molar-refractivity contribution in [3.05, 3.63) is 24.5 Å². The molecule has 15 heavy (non-hydrogen) atoms. The van der Waals surface area contributed by atoms with Gasteiger partial charge in [-0.2, -0.15) is 0 Å². The molecular weight excluding hydrogens is 186 g/mol. The van der Waals surface area contributed by atoms with Crippen LogP contribution in [0.5, 0.6) is 0 Å². The summed E-state index contributed by atoms with van der Waals surface area (Å²) >= 11 is 0. The second-order valence-corrected chi connectivity index (χ2v) is 4.85. The third kappa shape index (κ3) is 1.61. The average molecular weight is 203 g/mol. The lowest BCUT2D eigenvalue weighted by Gasteiger charge is -2.20. The zero-order valence-corrected chi connectivity index (χ0v) is 9.13. The molecule has 2 aliphatic rings. The van der Waals surface area contributed by atoms with Crippen molar-refractivity contribution in [3.8, 4) is 0 Å². The topological polar surface area (TPSA) is 19.4 Å². The maximum Gasteiger partial charge on any atom is 0.0397 e. The Hall–Kier alpha value is -1.09. The largest absolute Gasteiger partial charge is 0.371 e. The molecule has 0 amide bonds. The molecule has 2 saturated heterocycles. The summed E-state index contributed by atoms with van der Waals surface area (Å²) in [4.78, 5) is 9.03. The van der Waals surface area contributed by atoms with Gasteiger partial charge in [0.1, 0.15) is 0 Å². The van der Waals surface area contributed by atoms with Gasteiger partial charge in [-0.05, 0) is 31.0 Å². The molecule has 0 aromatic carbocycles. The molecule has 1 aromatic rings. The summed E-state index contributed by atoms with van der Waals surface area (Å²) in [6, 6.07) is 4.23. The lowest BCUT2D eigenvalue weighted by Crippen LogP contribution is -2.26. The summed E-state index contributed by atoms with van der Waals surface area (Å²) in [6.07, 6.45) is 3.77. The van der Waals surface area contributed by atoms with Crippen molar-refractivity contribution in [1.29, 1.82) is 0 Å². The fourth-order valence-electron chi connectivity index (χ4n) is 2.99. The smallest absolute Gasteiger partial charge is 0.0397 e. The fourth-order valence-corrected chi connectivity index (χ4v) is 2.99. The van der Waals surface area contributed by atoms with Crippen molar-refractivity contribution in [3.63, 3.8) is 0 Å². The number of pyridine rings is 1. The Bertz CT molecular complexity index is 324. The highest BCUT2D eigenvalue weighted by Gasteiger charge is 2.38. The van der Waals surface area contributed by atoms with E-state index in [4.69, 9.17) is 0 Å². The van der Waals surface area contributed by atoms with Crippen molar-refractivity contribution < 1.29 is 0 Å². The van der Waals surface area contributed by atoms with Gasteiger partial charge >= 0.3 is 0 Å². The summed E-state index contributed by atoms with van der Waals surface area (Å²) in [6.45, 7) is 4.98. The van der Waals surface area contributed by atoms with Crippen molar-refractivity contribution in [2.45, 2.75) is 0 Å². The van der Waals surface area contributed by atoms with Gasteiger partial charge in [-0.1, -0.05) is 0 Å². The molecule has 0 saturated carbocycles. The molecule has 2 aliphatic heterocycles. The predicted octanol–water partition coefficient (Wildman–Crippen LogP) is 1.08. The molecule has 2 unspecified atom stereocenters. The lowest BCUT2D eigenvalue weighted by atomic mass is 10.0. The van der Waals surface area contributed by atoms with Gasteiger partial charge in [-0.15, -0.1) is 0 Å². The predicted molar refractivity (Wildman–Crippen MR) is 60.9 cm³/mol. The van der Waals surface area contributed by atoms with Gasteiger partial charge in [-0.3, -0.25) is 4.98 Å². The molecule has 0 spiro atoms. The highest BCUT2D eigenvalue weighted by atomic mass is 15.2. The molecule has 3 heterocycles. The molecule has 1 aromatic heterocycles. The molecule has 0 N–H and O–H groups in total. The Morgan fingerprint density at radius 1 is 1.07 bits per heavy atom. The van der Waals surface area contributed by atoms with E-state index in [1.165, 1.54) is 31.9 Å². The maximum absolute atomic E-state index is 4.07. The number of fused-ring (bicyclic) bond motifs is 1. The highest BCUT2D eigenvalue weighted by Crippen LogP contribution is 2.32. The van der Waals surface area contributed by atoms with E-state index in [0.29, 0.717) is 0 Å². The van der Waals surface area contributed by atoms with Crippen molar-refractivity contribution in [2.75, 3.05) is 38.1 Å². The van der Waals surface area contributed by atoms with Crippen LogP contribution < -0.4 is 4.90 Å². The van der Waals surface area contributed by atoms with Crippen molar-refractivity contribution >= 4 is 5.69 Å². The Morgan fingerprint density at radius 2 is 1.67 bits per heavy atom. The molecular formula is C12H17N3. The van der Waals surface area contributed by atoms with Gasteiger partial charge in [0.2, 0.25) is 0 Å². The third-order valence-corrected chi connectivity index (χ3v) is 3.70. The molecule has 0 radical (unpaired) electrons. The van der Waals surface area contributed by atoms with Gasteiger partial charge in [-0.25, -0.2) is 0 Å². The second kappa shape index (κ2) is 3.49. The van der Waals surface area contributed by atoms with Crippen LogP contribution in [0.25, 0.3) is 0 Å². The quantitative estimate of drug-likeness (QED) is 0.681. The standard InChI is InChI=1S/C12H17N3/c1-14-6-10-8-15(9-11(10)7-14)12-2-4-13-5-3-12/h2-5,10-11H,6-9H2,1H3. The van der Waals surface area contributed by atoms with E-state index in [9.17, 15) is 0 Å². The molecule has 3 rings (SSSR count). The minimum Gasteiger partial charge on any atom is -0.371 e. The lowest BCUT2D eigenvalue weighted by molar-refractivity contribution is 0.387. The van der Waals surface area contributed by atoms with E-state index < -0.39 is 0 Å². The highest BCUT2D eigenvalue weighted by molar-refractivity contribution is 5.46. The van der Waals surface area contributed by atoms with Gasteiger partial charge in [0.25, 0.3) is 0 Å². The Balaban J connectivity index is 1.73. The normalized spacial score (nSPS) is 30.9. The molecule has 0 bridgehead atoms. The molecule has 0 aliphatic carbocycles. The van der Waals surface area contributed by atoms with E-state index in [1.54, 1.807) is 0 Å². The molecule has 3 heteroatoms. The Labute approximate surface area is 90.7 Å². The van der Waals surface area contributed by atoms with Crippen LogP contribution in [0.3, 0.4) is 0 Å². The molecule has 3 nitrogen and oxygen atoms in total. The van der Waals surface area contributed by atoms with Gasteiger partial charge in [0, 0.05) is 44.3 Å². The number of nitrogens with zero attached hydrogens (tertiary/aromatic N) is 3. The summed E-state index contributed by atoms with van der Waals surface area (Å²) in [5.74, 6) is 1.76. The number of anilines is 1. The van der Waals surface area contributed by atoms with Gasteiger partial charge < -0.3 is 9.80 Å². The number of rotatable bonds is 1. The first-order valence-corrected chi connectivity index (χ1v) is 5.66. The third-order valence-electron chi connectivity index (χ3n) is 3.70. The van der Waals surface area contributed by atoms with Gasteiger partial charge in [0.15, 0.2) is 0 Å². The van der Waals surface area contributed by atoms with E-state index in [-0.39, 0.29) is 0 Å². The zero-order chi connectivity index (χ0) is 10.3. The summed E-state index contributed by atoms with van der Waals surface area (Å²) < 4.78 is 0. The molecule has 2 atom stereocenters. The number of hydrogen-bond donors (Lipinski definition) is 0. The van der Waals surface area contributed by atoms with Crippen LogP contribution in [0.15, 0.2) is 24.5 Å². The first-order chi connectivity index (χ1) is 7.33. The minimum absolute atomic E-state index is 0.878. The summed E-state index contributed by atoms with van der Waals surface area (Å²) in [7, 11) is 2.23. The zero-order valence-electron chi connectivity index (χ0n) is 9.13. The van der Waals surface area contributed by atoms with Gasteiger partial charge in [0.05, 0.1) is 0 Å². The van der Waals surface area contributed by atoms with Crippen molar-refractivity contribution in [2.24, 2.45) is 11.8 Å². The first-order valence-electron chi connectivity index (χ1n) is 5.66. The van der Waals surface area contributed by atoms with Crippen LogP contribution in [0.4, 0.5) is 5.69 Å². The van der Waals surface area contributed by atoms with E-state index in [2.05, 4.69) is 34.0 Å².